The van der Waals surface area contributed by atoms with E-state index in [9.17, 15) is 0 Å². The highest BCUT2D eigenvalue weighted by Crippen LogP contribution is 2.50. The van der Waals surface area contributed by atoms with Crippen molar-refractivity contribution in [2.45, 2.75) is 36.4 Å². The molecule has 58 valence electrons. The van der Waals surface area contributed by atoms with Gasteiger partial charge in [0.05, 0.1) is 10.8 Å². The van der Waals surface area contributed by atoms with Gasteiger partial charge in [0, 0.05) is 0 Å². The lowest BCUT2D eigenvalue weighted by atomic mass is 9.65. The summed E-state index contributed by atoms with van der Waals surface area (Å²) in [6, 6.07) is 0. The first-order valence-electron chi connectivity index (χ1n) is 4.09. The Morgan fingerprint density at radius 2 is 1.20 bits per heavy atom. The van der Waals surface area contributed by atoms with Gasteiger partial charge >= 0.3 is 0 Å². The number of hydrogen-bond donors (Lipinski definition) is 0. The molecule has 2 aliphatic carbocycles. The van der Waals surface area contributed by atoms with Crippen LogP contribution in [-0.4, -0.2) is 10.8 Å². The first-order chi connectivity index (χ1) is 4.80. The van der Waals surface area contributed by atoms with Crippen LogP contribution in [0.3, 0.4) is 0 Å². The van der Waals surface area contributed by atoms with Gasteiger partial charge in [-0.2, -0.15) is 0 Å². The van der Waals surface area contributed by atoms with Gasteiger partial charge < -0.3 is 0 Å². The summed E-state index contributed by atoms with van der Waals surface area (Å²) in [4.78, 5) is 0. The van der Waals surface area contributed by atoms with Crippen LogP contribution in [-0.2, 0) is 0 Å². The topological polar surface area (TPSA) is 0 Å². The molecule has 10 heavy (non-hydrogen) atoms. The van der Waals surface area contributed by atoms with Crippen LogP contribution in [0.4, 0.5) is 0 Å². The third-order valence-corrected chi connectivity index (χ3v) is 4.32. The van der Waals surface area contributed by atoms with E-state index >= 15 is 0 Å². The summed E-state index contributed by atoms with van der Waals surface area (Å²) >= 11 is 12.1. The lowest BCUT2D eigenvalue weighted by Crippen LogP contribution is -2.50. The van der Waals surface area contributed by atoms with Gasteiger partial charge in [0.25, 0.3) is 0 Å². The van der Waals surface area contributed by atoms with Crippen LogP contribution in [0.2, 0.25) is 0 Å². The molecule has 2 heteroatoms. The van der Waals surface area contributed by atoms with Crippen molar-refractivity contribution < 1.29 is 0 Å². The minimum atomic E-state index is 0.284. The Hall–Kier alpha value is 0.580. The van der Waals surface area contributed by atoms with Gasteiger partial charge in [-0.3, -0.25) is 0 Å². The Labute approximate surface area is 71.9 Å². The van der Waals surface area contributed by atoms with Crippen molar-refractivity contribution >= 4 is 23.2 Å². The van der Waals surface area contributed by atoms with E-state index in [-0.39, 0.29) is 10.8 Å². The molecule has 0 heterocycles. The Bertz CT molecular complexity index is 119. The summed E-state index contributed by atoms with van der Waals surface area (Å²) in [5.74, 6) is 1.52. The van der Waals surface area contributed by atoms with Gasteiger partial charge in [-0.1, -0.05) is 12.8 Å². The third-order valence-electron chi connectivity index (χ3n) is 3.00. The van der Waals surface area contributed by atoms with Crippen molar-refractivity contribution in [1.29, 1.82) is 0 Å². The molecule has 0 nitrogen and oxygen atoms in total. The molecule has 0 aliphatic heterocycles. The lowest BCUT2D eigenvalue weighted by Gasteiger charge is -2.49. The smallest absolute Gasteiger partial charge is 0.0533 e. The lowest BCUT2D eigenvalue weighted by molar-refractivity contribution is 0.128. The minimum Gasteiger partial charge on any atom is -0.121 e. The number of halogens is 2. The summed E-state index contributed by atoms with van der Waals surface area (Å²) in [6.07, 6.45) is 5.38. The molecule has 0 radical (unpaired) electrons. The summed E-state index contributed by atoms with van der Waals surface area (Å²) in [5, 5.41) is 0.568. The highest BCUT2D eigenvalue weighted by atomic mass is 35.5. The van der Waals surface area contributed by atoms with Crippen molar-refractivity contribution in [1.82, 2.24) is 0 Å². The van der Waals surface area contributed by atoms with Gasteiger partial charge in [0.2, 0.25) is 0 Å². The second kappa shape index (κ2) is 2.57. The van der Waals surface area contributed by atoms with E-state index in [1.54, 1.807) is 0 Å². The van der Waals surface area contributed by atoms with Gasteiger partial charge in [0.15, 0.2) is 0 Å². The van der Waals surface area contributed by atoms with E-state index in [1.165, 1.54) is 25.7 Å². The molecular weight excluding hydrogens is 167 g/mol. The summed E-state index contributed by atoms with van der Waals surface area (Å²) in [6.45, 7) is 0. The summed E-state index contributed by atoms with van der Waals surface area (Å²) in [5.41, 5.74) is 0. The monoisotopic (exact) mass is 178 g/mol. The van der Waals surface area contributed by atoms with E-state index in [0.29, 0.717) is 0 Å². The predicted molar refractivity (Wildman–Crippen MR) is 44.7 cm³/mol. The molecule has 0 aromatic rings. The van der Waals surface area contributed by atoms with Crippen LogP contribution in [0.1, 0.15) is 25.7 Å². The number of alkyl halides is 2. The maximum absolute atomic E-state index is 6.04. The molecule has 2 aliphatic rings. The predicted octanol–water partition coefficient (Wildman–Crippen LogP) is 3.02. The maximum atomic E-state index is 6.04. The van der Waals surface area contributed by atoms with Crippen LogP contribution in [0, 0.1) is 11.8 Å². The zero-order valence-electron chi connectivity index (χ0n) is 5.89. The van der Waals surface area contributed by atoms with E-state index in [0.717, 1.165) is 11.8 Å². The summed E-state index contributed by atoms with van der Waals surface area (Å²) < 4.78 is 0. The largest absolute Gasteiger partial charge is 0.121 e. The van der Waals surface area contributed by atoms with E-state index in [1.807, 2.05) is 0 Å². The first kappa shape index (κ1) is 7.24. The second-order valence-corrected chi connectivity index (χ2v) is 4.51. The quantitative estimate of drug-likeness (QED) is 0.501. The van der Waals surface area contributed by atoms with Gasteiger partial charge in [0.1, 0.15) is 0 Å². The highest BCUT2D eigenvalue weighted by Gasteiger charge is 2.48. The Kier molecular flexibility index (Phi) is 1.86. The molecular formula is C8H12Cl2. The minimum absolute atomic E-state index is 0.284. The van der Waals surface area contributed by atoms with Gasteiger partial charge in [-0.15, -0.1) is 23.2 Å². The highest BCUT2D eigenvalue weighted by molar-refractivity contribution is 6.31. The zero-order chi connectivity index (χ0) is 7.14. The average Bonchev–Trinajstić information content (AvgIpc) is 2.03. The van der Waals surface area contributed by atoms with Crippen molar-refractivity contribution in [3.8, 4) is 0 Å². The summed E-state index contributed by atoms with van der Waals surface area (Å²) in [7, 11) is 0. The molecule has 2 unspecified atom stereocenters. The SMILES string of the molecule is Cl[C@H]1C2CCCCC2[C@@H]1Cl. The van der Waals surface area contributed by atoms with Gasteiger partial charge in [-0.05, 0) is 24.7 Å². The van der Waals surface area contributed by atoms with Crippen molar-refractivity contribution in [3.05, 3.63) is 0 Å². The van der Waals surface area contributed by atoms with Crippen LogP contribution in [0.15, 0.2) is 0 Å². The Balaban J connectivity index is 2.00. The third kappa shape index (κ3) is 0.887. The molecule has 0 aromatic heterocycles. The maximum Gasteiger partial charge on any atom is 0.0533 e. The fourth-order valence-electron chi connectivity index (χ4n) is 2.31. The molecule has 2 saturated carbocycles. The van der Waals surface area contributed by atoms with Crippen LogP contribution >= 0.6 is 23.2 Å². The average molecular weight is 179 g/mol. The van der Waals surface area contributed by atoms with Crippen LogP contribution in [0.5, 0.6) is 0 Å². The van der Waals surface area contributed by atoms with Crippen LogP contribution < -0.4 is 0 Å². The number of fused-ring (bicyclic) bond motifs is 1. The molecule has 2 rings (SSSR count). The van der Waals surface area contributed by atoms with E-state index in [4.69, 9.17) is 23.2 Å². The Morgan fingerprint density at radius 3 is 1.60 bits per heavy atom. The second-order valence-electron chi connectivity index (χ2n) is 3.50. The van der Waals surface area contributed by atoms with E-state index < -0.39 is 0 Å². The zero-order valence-corrected chi connectivity index (χ0v) is 7.41. The van der Waals surface area contributed by atoms with Crippen LogP contribution in [0.25, 0.3) is 0 Å². The molecule has 0 bridgehead atoms. The molecule has 0 N–H and O–H groups in total. The standard InChI is InChI=1S/C8H12Cl2/c9-7-5-3-1-2-4-6(5)8(7)10/h5-8H,1-4H2/t5?,6?,7-,8-/m0/s1. The molecule has 0 aromatic carbocycles. The molecule has 0 saturated heterocycles. The molecule has 2 fully saturated rings. The fourth-order valence-corrected chi connectivity index (χ4v) is 3.31. The molecule has 0 amide bonds. The molecule has 4 atom stereocenters. The fraction of sp³-hybridized carbons (Fsp3) is 1.00. The van der Waals surface area contributed by atoms with Gasteiger partial charge in [-0.25, -0.2) is 0 Å². The molecule has 0 spiro atoms. The normalized spacial score (nSPS) is 53.4. The first-order valence-corrected chi connectivity index (χ1v) is 4.96. The number of rotatable bonds is 0. The van der Waals surface area contributed by atoms with Crippen molar-refractivity contribution in [3.63, 3.8) is 0 Å². The van der Waals surface area contributed by atoms with Crippen molar-refractivity contribution in [2.75, 3.05) is 0 Å². The Morgan fingerprint density at radius 1 is 0.800 bits per heavy atom. The van der Waals surface area contributed by atoms with Crippen molar-refractivity contribution in [2.24, 2.45) is 11.8 Å². The number of hydrogen-bond acceptors (Lipinski definition) is 0. The van der Waals surface area contributed by atoms with E-state index in [2.05, 4.69) is 0 Å².